The van der Waals surface area contributed by atoms with Crippen molar-refractivity contribution in [2.75, 3.05) is 19.7 Å². The number of unbranched alkanes of at least 4 members (excludes halogenated alkanes) is 1. The Morgan fingerprint density at radius 3 is 2.57 bits per heavy atom. The maximum Gasteiger partial charge on any atom is 0.431 e. The molecule has 0 radical (unpaired) electrons. The molecule has 0 atom stereocenters. The molecule has 0 rings (SSSR count). The van der Waals surface area contributed by atoms with Crippen molar-refractivity contribution in [3.05, 3.63) is 0 Å². The SMILES string of the molecule is CC(C)CN(OCCCCN)C(=O)O. The van der Waals surface area contributed by atoms with Gasteiger partial charge in [0.15, 0.2) is 0 Å². The monoisotopic (exact) mass is 204 g/mol. The molecule has 14 heavy (non-hydrogen) atoms. The second kappa shape index (κ2) is 7.58. The molecular formula is C9H20N2O3. The highest BCUT2D eigenvalue weighted by molar-refractivity contribution is 5.63. The third kappa shape index (κ3) is 6.68. The second-order valence-electron chi connectivity index (χ2n) is 3.57. The smallest absolute Gasteiger partial charge is 0.431 e. The fraction of sp³-hybridized carbons (Fsp3) is 0.889. The zero-order chi connectivity index (χ0) is 11.0. The predicted molar refractivity (Wildman–Crippen MR) is 53.8 cm³/mol. The van der Waals surface area contributed by atoms with Crippen molar-refractivity contribution in [2.24, 2.45) is 11.7 Å². The van der Waals surface area contributed by atoms with Crippen molar-refractivity contribution in [3.8, 4) is 0 Å². The summed E-state index contributed by atoms with van der Waals surface area (Å²) in [7, 11) is 0. The number of carbonyl (C=O) groups is 1. The van der Waals surface area contributed by atoms with Crippen molar-refractivity contribution in [3.63, 3.8) is 0 Å². The molecule has 0 aliphatic heterocycles. The Labute approximate surface area is 84.8 Å². The van der Waals surface area contributed by atoms with Crippen LogP contribution in [0.3, 0.4) is 0 Å². The summed E-state index contributed by atoms with van der Waals surface area (Å²) < 4.78 is 0. The van der Waals surface area contributed by atoms with Crippen LogP contribution in [0.5, 0.6) is 0 Å². The minimum Gasteiger partial charge on any atom is -0.463 e. The number of carboxylic acid groups (broad SMARTS) is 1. The van der Waals surface area contributed by atoms with Gasteiger partial charge in [0, 0.05) is 0 Å². The first-order valence-electron chi connectivity index (χ1n) is 4.91. The van der Waals surface area contributed by atoms with E-state index in [0.717, 1.165) is 17.9 Å². The van der Waals surface area contributed by atoms with Crippen LogP contribution >= 0.6 is 0 Å². The number of nitrogens with two attached hydrogens (primary N) is 1. The van der Waals surface area contributed by atoms with Crippen molar-refractivity contribution >= 4 is 6.09 Å². The maximum atomic E-state index is 10.7. The Bertz CT molecular complexity index is 162. The second-order valence-corrected chi connectivity index (χ2v) is 3.57. The summed E-state index contributed by atoms with van der Waals surface area (Å²) in [6.07, 6.45) is 0.611. The number of nitrogens with zero attached hydrogens (tertiary/aromatic N) is 1. The molecule has 0 fully saturated rings. The Morgan fingerprint density at radius 2 is 2.14 bits per heavy atom. The van der Waals surface area contributed by atoms with Crippen LogP contribution in [-0.4, -0.2) is 36.0 Å². The molecule has 3 N–H and O–H groups in total. The number of rotatable bonds is 7. The maximum absolute atomic E-state index is 10.7. The van der Waals surface area contributed by atoms with E-state index in [1.54, 1.807) is 0 Å². The summed E-state index contributed by atoms with van der Waals surface area (Å²) >= 11 is 0. The highest BCUT2D eigenvalue weighted by Gasteiger charge is 2.13. The van der Waals surface area contributed by atoms with Gasteiger partial charge in [0.1, 0.15) is 0 Å². The fourth-order valence-corrected chi connectivity index (χ4v) is 0.939. The van der Waals surface area contributed by atoms with Gasteiger partial charge in [-0.2, -0.15) is 5.06 Å². The van der Waals surface area contributed by atoms with Crippen molar-refractivity contribution in [1.82, 2.24) is 5.06 Å². The van der Waals surface area contributed by atoms with Gasteiger partial charge in [-0.25, -0.2) is 4.79 Å². The van der Waals surface area contributed by atoms with Gasteiger partial charge in [-0.05, 0) is 25.3 Å². The summed E-state index contributed by atoms with van der Waals surface area (Å²) in [6.45, 7) is 5.31. The molecule has 0 aliphatic rings. The zero-order valence-corrected chi connectivity index (χ0v) is 8.90. The van der Waals surface area contributed by atoms with Crippen LogP contribution in [0, 0.1) is 5.92 Å². The third-order valence-electron chi connectivity index (χ3n) is 1.59. The molecular weight excluding hydrogens is 184 g/mol. The van der Waals surface area contributed by atoms with E-state index in [-0.39, 0.29) is 5.92 Å². The van der Waals surface area contributed by atoms with Crippen LogP contribution in [0.2, 0.25) is 0 Å². The summed E-state index contributed by atoms with van der Waals surface area (Å²) in [6, 6.07) is 0. The van der Waals surface area contributed by atoms with Crippen molar-refractivity contribution in [1.29, 1.82) is 0 Å². The highest BCUT2D eigenvalue weighted by atomic mass is 16.7. The largest absolute Gasteiger partial charge is 0.463 e. The van der Waals surface area contributed by atoms with Gasteiger partial charge in [0.2, 0.25) is 0 Å². The summed E-state index contributed by atoms with van der Waals surface area (Å²) in [4.78, 5) is 15.8. The van der Waals surface area contributed by atoms with E-state index in [1.807, 2.05) is 13.8 Å². The van der Waals surface area contributed by atoms with E-state index < -0.39 is 6.09 Å². The van der Waals surface area contributed by atoms with E-state index in [2.05, 4.69) is 0 Å². The Morgan fingerprint density at radius 1 is 1.50 bits per heavy atom. The number of hydrogen-bond donors (Lipinski definition) is 2. The number of hydrogen-bond acceptors (Lipinski definition) is 3. The molecule has 84 valence electrons. The van der Waals surface area contributed by atoms with Crippen molar-refractivity contribution < 1.29 is 14.7 Å². The van der Waals surface area contributed by atoms with E-state index in [9.17, 15) is 4.79 Å². The molecule has 0 aromatic rings. The standard InChI is InChI=1S/C9H20N2O3/c1-8(2)7-11(9(12)13)14-6-4-3-5-10/h8H,3-7,10H2,1-2H3,(H,12,13). The Kier molecular flexibility index (Phi) is 7.14. The topological polar surface area (TPSA) is 75.8 Å². The average Bonchev–Trinajstić information content (AvgIpc) is 2.09. The average molecular weight is 204 g/mol. The Hall–Kier alpha value is -0.810. The zero-order valence-electron chi connectivity index (χ0n) is 8.90. The lowest BCUT2D eigenvalue weighted by Gasteiger charge is -2.20. The summed E-state index contributed by atoms with van der Waals surface area (Å²) in [5, 5.41) is 9.74. The minimum atomic E-state index is -1.04. The lowest BCUT2D eigenvalue weighted by molar-refractivity contribution is -0.137. The van der Waals surface area contributed by atoms with Gasteiger partial charge in [0.05, 0.1) is 13.2 Å². The van der Waals surface area contributed by atoms with Gasteiger partial charge in [-0.1, -0.05) is 13.8 Å². The van der Waals surface area contributed by atoms with Crippen LogP contribution in [0.4, 0.5) is 4.79 Å². The van der Waals surface area contributed by atoms with E-state index >= 15 is 0 Å². The molecule has 0 spiro atoms. The fourth-order valence-electron chi connectivity index (χ4n) is 0.939. The van der Waals surface area contributed by atoms with E-state index in [4.69, 9.17) is 15.7 Å². The third-order valence-corrected chi connectivity index (χ3v) is 1.59. The van der Waals surface area contributed by atoms with E-state index in [0.29, 0.717) is 19.7 Å². The molecule has 5 nitrogen and oxygen atoms in total. The van der Waals surface area contributed by atoms with Gasteiger partial charge in [-0.3, -0.25) is 4.84 Å². The van der Waals surface area contributed by atoms with E-state index in [1.165, 1.54) is 0 Å². The molecule has 0 saturated heterocycles. The summed E-state index contributed by atoms with van der Waals surface area (Å²) in [5.74, 6) is 0.264. The summed E-state index contributed by atoms with van der Waals surface area (Å²) in [5.41, 5.74) is 5.30. The van der Waals surface area contributed by atoms with Crippen LogP contribution in [0.25, 0.3) is 0 Å². The highest BCUT2D eigenvalue weighted by Crippen LogP contribution is 2.01. The molecule has 1 amide bonds. The van der Waals surface area contributed by atoms with Gasteiger partial charge in [-0.15, -0.1) is 0 Å². The van der Waals surface area contributed by atoms with Crippen LogP contribution in [-0.2, 0) is 4.84 Å². The van der Waals surface area contributed by atoms with Crippen LogP contribution < -0.4 is 5.73 Å². The van der Waals surface area contributed by atoms with Gasteiger partial charge >= 0.3 is 6.09 Å². The molecule has 0 heterocycles. The van der Waals surface area contributed by atoms with Gasteiger partial charge in [0.25, 0.3) is 0 Å². The number of hydroxylamine groups is 2. The molecule has 5 heteroatoms. The normalized spacial score (nSPS) is 10.6. The first kappa shape index (κ1) is 13.2. The first-order chi connectivity index (χ1) is 6.57. The Balaban J connectivity index is 3.68. The molecule has 0 saturated carbocycles. The molecule has 0 aliphatic carbocycles. The minimum absolute atomic E-state index is 0.264. The molecule has 0 aromatic carbocycles. The van der Waals surface area contributed by atoms with Crippen molar-refractivity contribution in [2.45, 2.75) is 26.7 Å². The predicted octanol–water partition coefficient (Wildman–Crippen LogP) is 1.29. The number of amides is 1. The molecule has 0 aromatic heterocycles. The van der Waals surface area contributed by atoms with Crippen LogP contribution in [0.15, 0.2) is 0 Å². The molecule has 0 bridgehead atoms. The van der Waals surface area contributed by atoms with Gasteiger partial charge < -0.3 is 10.8 Å². The van der Waals surface area contributed by atoms with Crippen LogP contribution in [0.1, 0.15) is 26.7 Å². The molecule has 0 unspecified atom stereocenters. The quantitative estimate of drug-likeness (QED) is 0.484. The first-order valence-corrected chi connectivity index (χ1v) is 4.91. The lowest BCUT2D eigenvalue weighted by Crippen LogP contribution is -2.33. The lowest BCUT2D eigenvalue weighted by atomic mass is 10.2.